The number of hydrogen-bond donors (Lipinski definition) is 2. The van der Waals surface area contributed by atoms with Crippen molar-refractivity contribution in [1.82, 2.24) is 5.32 Å². The van der Waals surface area contributed by atoms with Crippen molar-refractivity contribution in [2.45, 2.75) is 6.92 Å². The second-order valence-electron chi connectivity index (χ2n) is 8.80. The number of barbiturate groups is 1. The van der Waals surface area contributed by atoms with Crippen LogP contribution in [0.25, 0.3) is 6.08 Å². The number of esters is 1. The number of carbonyl (C=O) groups excluding carboxylic acids is 5. The van der Waals surface area contributed by atoms with E-state index in [1.165, 1.54) is 50.6 Å². The van der Waals surface area contributed by atoms with Crippen molar-refractivity contribution in [3.05, 3.63) is 81.8 Å². The highest BCUT2D eigenvalue weighted by atomic mass is 79.9. The van der Waals surface area contributed by atoms with Crippen molar-refractivity contribution in [2.75, 3.05) is 37.7 Å². The summed E-state index contributed by atoms with van der Waals surface area (Å²) in [4.78, 5) is 63.7. The van der Waals surface area contributed by atoms with E-state index in [2.05, 4.69) is 31.3 Å². The van der Waals surface area contributed by atoms with Gasteiger partial charge in [-0.25, -0.2) is 14.5 Å². The maximum Gasteiger partial charge on any atom is 0.337 e. The second-order valence-corrected chi connectivity index (χ2v) is 9.65. The van der Waals surface area contributed by atoms with Crippen molar-refractivity contribution in [3.8, 4) is 17.2 Å². The molecule has 13 heteroatoms. The molecule has 0 unspecified atom stereocenters. The Balaban J connectivity index is 1.57. The van der Waals surface area contributed by atoms with Gasteiger partial charge in [-0.1, -0.05) is 12.1 Å². The van der Waals surface area contributed by atoms with E-state index in [1.54, 1.807) is 37.3 Å². The molecule has 5 amide bonds. The van der Waals surface area contributed by atoms with E-state index < -0.39 is 29.7 Å². The van der Waals surface area contributed by atoms with Gasteiger partial charge < -0.3 is 24.3 Å². The Morgan fingerprint density at radius 1 is 0.977 bits per heavy atom. The highest BCUT2D eigenvalue weighted by molar-refractivity contribution is 9.10. The number of hydrogen-bond acceptors (Lipinski definition) is 9. The molecule has 0 bridgehead atoms. The SMILES string of the molecule is CCOc1cc(/C=C2/C(=O)NC(=O)N(c3ccc(C(=O)OC)cc3)C2=O)cc(Br)c1OCC(=O)Nc1ccccc1OC. The first-order chi connectivity index (χ1) is 20.7. The number of nitrogens with one attached hydrogen (secondary N) is 2. The first kappa shape index (κ1) is 30.8. The molecule has 3 aromatic carbocycles. The maximum atomic E-state index is 13.3. The molecule has 1 heterocycles. The zero-order valence-corrected chi connectivity index (χ0v) is 24.9. The molecule has 0 spiro atoms. The Kier molecular flexibility index (Phi) is 9.78. The minimum Gasteiger partial charge on any atom is -0.495 e. The smallest absolute Gasteiger partial charge is 0.337 e. The number of ether oxygens (including phenoxy) is 4. The van der Waals surface area contributed by atoms with Crippen LogP contribution < -0.4 is 29.7 Å². The van der Waals surface area contributed by atoms with Gasteiger partial charge in [-0.3, -0.25) is 19.7 Å². The fraction of sp³-hybridized carbons (Fsp3) is 0.167. The van der Waals surface area contributed by atoms with Gasteiger partial charge in [-0.05, 0) is 83.0 Å². The molecule has 4 rings (SSSR count). The van der Waals surface area contributed by atoms with Gasteiger partial charge in [0.25, 0.3) is 17.7 Å². The van der Waals surface area contributed by atoms with Gasteiger partial charge in [-0.2, -0.15) is 0 Å². The van der Waals surface area contributed by atoms with Crippen LogP contribution in [0.4, 0.5) is 16.2 Å². The zero-order valence-electron chi connectivity index (χ0n) is 23.3. The van der Waals surface area contributed by atoms with Crippen molar-refractivity contribution < 1.29 is 42.9 Å². The fourth-order valence-corrected chi connectivity index (χ4v) is 4.64. The topological polar surface area (TPSA) is 150 Å². The standard InChI is InChI=1S/C30H26BrN3O9/c1-4-42-24-15-17(14-21(31)26(24)43-16-25(35)32-22-7-5-6-8-23(22)40-2)13-20-27(36)33-30(39)34(28(20)37)19-11-9-18(10-12-19)29(38)41-3/h5-15H,4,16H2,1-3H3,(H,32,35)(H,33,36,39)/b20-13-. The lowest BCUT2D eigenvalue weighted by Gasteiger charge is -2.26. The maximum absolute atomic E-state index is 13.3. The van der Waals surface area contributed by atoms with Crippen LogP contribution in [0.2, 0.25) is 0 Å². The molecule has 3 aromatic rings. The lowest BCUT2D eigenvalue weighted by atomic mass is 10.1. The van der Waals surface area contributed by atoms with Crippen LogP contribution in [0.3, 0.4) is 0 Å². The van der Waals surface area contributed by atoms with E-state index in [1.807, 2.05) is 0 Å². The molecule has 0 saturated carbocycles. The molecule has 0 aromatic heterocycles. The Bertz CT molecular complexity index is 1620. The second kappa shape index (κ2) is 13.7. The van der Waals surface area contributed by atoms with Crippen LogP contribution in [0, 0.1) is 0 Å². The summed E-state index contributed by atoms with van der Waals surface area (Å²) in [5, 5.41) is 4.87. The summed E-state index contributed by atoms with van der Waals surface area (Å²) < 4.78 is 21.8. The minimum atomic E-state index is -0.940. The number of rotatable bonds is 10. The van der Waals surface area contributed by atoms with Crippen LogP contribution in [-0.2, 0) is 19.1 Å². The molecule has 43 heavy (non-hydrogen) atoms. The van der Waals surface area contributed by atoms with Crippen LogP contribution in [0.5, 0.6) is 17.2 Å². The molecule has 1 aliphatic heterocycles. The monoisotopic (exact) mass is 651 g/mol. The summed E-state index contributed by atoms with van der Waals surface area (Å²) in [7, 11) is 2.72. The molecule has 1 fully saturated rings. The van der Waals surface area contributed by atoms with Crippen LogP contribution >= 0.6 is 15.9 Å². The van der Waals surface area contributed by atoms with Gasteiger partial charge in [0, 0.05) is 0 Å². The summed E-state index contributed by atoms with van der Waals surface area (Å²) in [5.41, 5.74) is 0.883. The quantitative estimate of drug-likeness (QED) is 0.186. The number of carbonyl (C=O) groups is 5. The highest BCUT2D eigenvalue weighted by Crippen LogP contribution is 2.38. The lowest BCUT2D eigenvalue weighted by molar-refractivity contribution is -0.122. The molecule has 0 aliphatic carbocycles. The highest BCUT2D eigenvalue weighted by Gasteiger charge is 2.37. The molecular formula is C30H26BrN3O9. The molecule has 222 valence electrons. The molecule has 2 N–H and O–H groups in total. The van der Waals surface area contributed by atoms with E-state index in [0.29, 0.717) is 21.5 Å². The van der Waals surface area contributed by atoms with Gasteiger partial charge in [0.2, 0.25) is 0 Å². The van der Waals surface area contributed by atoms with Crippen LogP contribution in [0.15, 0.2) is 70.7 Å². The number of methoxy groups -OCH3 is 2. The number of halogens is 1. The van der Waals surface area contributed by atoms with Gasteiger partial charge in [0.15, 0.2) is 18.1 Å². The summed E-state index contributed by atoms with van der Waals surface area (Å²) >= 11 is 3.41. The average molecular weight is 652 g/mol. The van der Waals surface area contributed by atoms with Gasteiger partial charge in [0.1, 0.15) is 11.3 Å². The van der Waals surface area contributed by atoms with Gasteiger partial charge >= 0.3 is 12.0 Å². The largest absolute Gasteiger partial charge is 0.495 e. The predicted octanol–water partition coefficient (Wildman–Crippen LogP) is 4.33. The van der Waals surface area contributed by atoms with Crippen LogP contribution in [0.1, 0.15) is 22.8 Å². The fourth-order valence-electron chi connectivity index (χ4n) is 4.07. The lowest BCUT2D eigenvalue weighted by Crippen LogP contribution is -2.54. The molecule has 1 saturated heterocycles. The summed E-state index contributed by atoms with van der Waals surface area (Å²) in [6.07, 6.45) is 1.30. The number of anilines is 2. The summed E-state index contributed by atoms with van der Waals surface area (Å²) in [6, 6.07) is 14.6. The van der Waals surface area contributed by atoms with E-state index >= 15 is 0 Å². The third-order valence-electron chi connectivity index (χ3n) is 6.02. The molecule has 0 atom stereocenters. The number of imide groups is 2. The Morgan fingerprint density at radius 3 is 2.37 bits per heavy atom. The van der Waals surface area contributed by atoms with Gasteiger partial charge in [0.05, 0.1) is 42.2 Å². The molecule has 0 radical (unpaired) electrons. The number of amides is 5. The number of para-hydroxylation sites is 2. The van der Waals surface area contributed by atoms with Gasteiger partial charge in [-0.15, -0.1) is 0 Å². The molecular weight excluding hydrogens is 626 g/mol. The van der Waals surface area contributed by atoms with Crippen molar-refractivity contribution in [3.63, 3.8) is 0 Å². The van der Waals surface area contributed by atoms with E-state index in [9.17, 15) is 24.0 Å². The Morgan fingerprint density at radius 2 is 1.70 bits per heavy atom. The Labute approximate surface area is 254 Å². The third-order valence-corrected chi connectivity index (χ3v) is 6.61. The minimum absolute atomic E-state index is 0.139. The van der Waals surface area contributed by atoms with E-state index in [0.717, 1.165) is 4.90 Å². The first-order valence-corrected chi connectivity index (χ1v) is 13.6. The predicted molar refractivity (Wildman–Crippen MR) is 159 cm³/mol. The third kappa shape index (κ3) is 7.01. The summed E-state index contributed by atoms with van der Waals surface area (Å²) in [6.45, 7) is 1.65. The number of nitrogens with zero attached hydrogens (tertiary/aromatic N) is 1. The van der Waals surface area contributed by atoms with E-state index in [-0.39, 0.29) is 41.5 Å². The molecule has 12 nitrogen and oxygen atoms in total. The van der Waals surface area contributed by atoms with E-state index in [4.69, 9.17) is 14.2 Å². The Hall–Kier alpha value is -5.17. The molecule has 1 aliphatic rings. The normalized spacial score (nSPS) is 13.8. The summed E-state index contributed by atoms with van der Waals surface area (Å²) in [5.74, 6) is -1.84. The van der Waals surface area contributed by atoms with Crippen LogP contribution in [-0.4, -0.2) is 57.2 Å². The van der Waals surface area contributed by atoms with Crippen molar-refractivity contribution >= 4 is 63.1 Å². The first-order valence-electron chi connectivity index (χ1n) is 12.8. The zero-order chi connectivity index (χ0) is 31.1. The number of urea groups is 1. The van der Waals surface area contributed by atoms with Crippen molar-refractivity contribution in [2.24, 2.45) is 0 Å². The van der Waals surface area contributed by atoms with Crippen molar-refractivity contribution in [1.29, 1.82) is 0 Å². The average Bonchev–Trinajstić information content (AvgIpc) is 2.99. The number of benzene rings is 3.